The lowest BCUT2D eigenvalue weighted by molar-refractivity contribution is -0.135. The molecule has 0 amide bonds. The van der Waals surface area contributed by atoms with Gasteiger partial charge in [-0.25, -0.2) is 4.79 Å². The highest BCUT2D eigenvalue weighted by molar-refractivity contribution is 5.97. The first-order valence-electron chi connectivity index (χ1n) is 5.04. The molecule has 14 heavy (non-hydrogen) atoms. The smallest absolute Gasteiger partial charge is 0.330 e. The van der Waals surface area contributed by atoms with E-state index in [4.69, 9.17) is 0 Å². The molecule has 78 valence electrons. The first kappa shape index (κ1) is 11.0. The van der Waals surface area contributed by atoms with Crippen LogP contribution in [0.25, 0.3) is 0 Å². The zero-order valence-corrected chi connectivity index (χ0v) is 8.49. The molecule has 0 radical (unpaired) electrons. The van der Waals surface area contributed by atoms with E-state index in [0.29, 0.717) is 0 Å². The monoisotopic (exact) mass is 196 g/mol. The van der Waals surface area contributed by atoms with E-state index in [1.54, 1.807) is 0 Å². The van der Waals surface area contributed by atoms with Crippen molar-refractivity contribution in [3.63, 3.8) is 0 Å². The first-order valence-corrected chi connectivity index (χ1v) is 5.04. The van der Waals surface area contributed by atoms with Crippen LogP contribution in [0.3, 0.4) is 0 Å². The van der Waals surface area contributed by atoms with Gasteiger partial charge < -0.3 is 4.74 Å². The molecule has 0 unspecified atom stereocenters. The van der Waals surface area contributed by atoms with E-state index in [0.717, 1.165) is 25.7 Å². The van der Waals surface area contributed by atoms with Crippen LogP contribution in [0.1, 0.15) is 32.1 Å². The number of ketones is 1. The van der Waals surface area contributed by atoms with Crippen molar-refractivity contribution in [1.82, 2.24) is 0 Å². The number of carbonyl (C=O) groups excluding carboxylic acids is 2. The van der Waals surface area contributed by atoms with Gasteiger partial charge in [-0.05, 0) is 18.9 Å². The Bertz CT molecular complexity index is 237. The maximum Gasteiger partial charge on any atom is 0.330 e. The number of ether oxygens (including phenoxy) is 1. The number of rotatable bonds is 3. The average Bonchev–Trinajstić information content (AvgIpc) is 2.26. The minimum absolute atomic E-state index is 0.0649. The van der Waals surface area contributed by atoms with Gasteiger partial charge in [-0.1, -0.05) is 19.3 Å². The van der Waals surface area contributed by atoms with Gasteiger partial charge in [0, 0.05) is 12.0 Å². The Labute approximate surface area is 84.1 Å². The molecular formula is C11H16O3. The molecule has 1 saturated carbocycles. The number of methoxy groups -OCH3 is 1. The molecule has 0 atom stereocenters. The third kappa shape index (κ3) is 3.32. The fourth-order valence-electron chi connectivity index (χ4n) is 1.74. The van der Waals surface area contributed by atoms with Crippen LogP contribution in [0.15, 0.2) is 12.2 Å². The molecule has 0 heterocycles. The molecule has 1 rings (SSSR count). The summed E-state index contributed by atoms with van der Waals surface area (Å²) in [6.07, 6.45) is 7.96. The van der Waals surface area contributed by atoms with Crippen LogP contribution in [0.4, 0.5) is 0 Å². The van der Waals surface area contributed by atoms with Crippen LogP contribution < -0.4 is 0 Å². The van der Waals surface area contributed by atoms with Gasteiger partial charge in [0.05, 0.1) is 7.11 Å². The number of hydrogen-bond acceptors (Lipinski definition) is 3. The van der Waals surface area contributed by atoms with Crippen LogP contribution in [-0.2, 0) is 14.3 Å². The van der Waals surface area contributed by atoms with Gasteiger partial charge >= 0.3 is 5.97 Å². The van der Waals surface area contributed by atoms with Crippen LogP contribution in [0, 0.1) is 5.92 Å². The number of allylic oxidation sites excluding steroid dienone is 1. The zero-order chi connectivity index (χ0) is 10.4. The molecule has 1 fully saturated rings. The van der Waals surface area contributed by atoms with Crippen LogP contribution in [0.2, 0.25) is 0 Å². The lowest BCUT2D eigenvalue weighted by Crippen LogP contribution is -2.15. The van der Waals surface area contributed by atoms with E-state index in [-0.39, 0.29) is 11.7 Å². The number of esters is 1. The molecule has 0 saturated heterocycles. The Morgan fingerprint density at radius 1 is 1.14 bits per heavy atom. The average molecular weight is 196 g/mol. The lowest BCUT2D eigenvalue weighted by atomic mass is 9.86. The molecule has 0 aromatic carbocycles. The normalized spacial score (nSPS) is 18.4. The number of carbonyl (C=O) groups is 2. The lowest BCUT2D eigenvalue weighted by Gasteiger charge is -2.18. The van der Waals surface area contributed by atoms with Gasteiger partial charge in [0.15, 0.2) is 5.78 Å². The van der Waals surface area contributed by atoms with Gasteiger partial charge in [-0.3, -0.25) is 4.79 Å². The van der Waals surface area contributed by atoms with Crippen molar-refractivity contribution in [2.75, 3.05) is 7.11 Å². The van der Waals surface area contributed by atoms with Gasteiger partial charge in [0.1, 0.15) is 0 Å². The minimum Gasteiger partial charge on any atom is -0.466 e. The van der Waals surface area contributed by atoms with Crippen molar-refractivity contribution in [2.45, 2.75) is 32.1 Å². The molecule has 0 aromatic heterocycles. The Kier molecular flexibility index (Phi) is 4.36. The molecule has 1 aliphatic carbocycles. The Balaban J connectivity index is 2.40. The minimum atomic E-state index is -0.464. The Morgan fingerprint density at radius 2 is 1.79 bits per heavy atom. The summed E-state index contributed by atoms with van der Waals surface area (Å²) in [6, 6.07) is 0. The predicted octanol–water partition coefficient (Wildman–Crippen LogP) is 1.86. The molecule has 3 nitrogen and oxygen atoms in total. The topological polar surface area (TPSA) is 43.4 Å². The van der Waals surface area contributed by atoms with E-state index in [1.165, 1.54) is 25.7 Å². The summed E-state index contributed by atoms with van der Waals surface area (Å²) in [5.74, 6) is -0.270. The van der Waals surface area contributed by atoms with E-state index in [2.05, 4.69) is 4.74 Å². The summed E-state index contributed by atoms with van der Waals surface area (Å²) in [4.78, 5) is 22.3. The predicted molar refractivity (Wildman–Crippen MR) is 52.7 cm³/mol. The molecule has 0 spiro atoms. The summed E-state index contributed by atoms with van der Waals surface area (Å²) in [6.45, 7) is 0. The number of hydrogen-bond donors (Lipinski definition) is 0. The van der Waals surface area contributed by atoms with Crippen molar-refractivity contribution >= 4 is 11.8 Å². The SMILES string of the molecule is COC(=O)C=CC(=O)C1CCCCC1. The maximum absolute atomic E-state index is 11.5. The molecule has 0 aromatic rings. The van der Waals surface area contributed by atoms with Crippen molar-refractivity contribution in [3.05, 3.63) is 12.2 Å². The van der Waals surface area contributed by atoms with Crippen molar-refractivity contribution in [2.24, 2.45) is 5.92 Å². The van der Waals surface area contributed by atoms with E-state index < -0.39 is 5.97 Å². The fraction of sp³-hybridized carbons (Fsp3) is 0.636. The quantitative estimate of drug-likeness (QED) is 0.511. The molecule has 0 N–H and O–H groups in total. The summed E-state index contributed by atoms with van der Waals surface area (Å²) in [5.41, 5.74) is 0. The fourth-order valence-corrected chi connectivity index (χ4v) is 1.74. The zero-order valence-electron chi connectivity index (χ0n) is 8.49. The summed E-state index contributed by atoms with van der Waals surface area (Å²) >= 11 is 0. The summed E-state index contributed by atoms with van der Waals surface area (Å²) in [5, 5.41) is 0. The first-order chi connectivity index (χ1) is 6.74. The summed E-state index contributed by atoms with van der Waals surface area (Å²) in [7, 11) is 1.30. The van der Waals surface area contributed by atoms with Crippen molar-refractivity contribution in [3.8, 4) is 0 Å². The third-order valence-electron chi connectivity index (χ3n) is 2.59. The molecule has 0 bridgehead atoms. The standard InChI is InChI=1S/C11H16O3/c1-14-11(13)8-7-10(12)9-5-3-2-4-6-9/h7-9H,2-6H2,1H3. The highest BCUT2D eigenvalue weighted by atomic mass is 16.5. The van der Waals surface area contributed by atoms with Gasteiger partial charge in [0.2, 0.25) is 0 Å². The van der Waals surface area contributed by atoms with Crippen LogP contribution >= 0.6 is 0 Å². The largest absolute Gasteiger partial charge is 0.466 e. The van der Waals surface area contributed by atoms with Gasteiger partial charge in [-0.15, -0.1) is 0 Å². The molecule has 1 aliphatic rings. The van der Waals surface area contributed by atoms with Crippen LogP contribution in [-0.4, -0.2) is 18.9 Å². The van der Waals surface area contributed by atoms with E-state index >= 15 is 0 Å². The van der Waals surface area contributed by atoms with Crippen LogP contribution in [0.5, 0.6) is 0 Å². The molecule has 3 heteroatoms. The van der Waals surface area contributed by atoms with Gasteiger partial charge in [0.25, 0.3) is 0 Å². The highest BCUT2D eigenvalue weighted by Gasteiger charge is 2.18. The van der Waals surface area contributed by atoms with E-state index in [1.807, 2.05) is 0 Å². The second-order valence-electron chi connectivity index (χ2n) is 3.59. The third-order valence-corrected chi connectivity index (χ3v) is 2.59. The highest BCUT2D eigenvalue weighted by Crippen LogP contribution is 2.24. The second-order valence-corrected chi connectivity index (χ2v) is 3.59. The van der Waals surface area contributed by atoms with Gasteiger partial charge in [-0.2, -0.15) is 0 Å². The van der Waals surface area contributed by atoms with Crippen molar-refractivity contribution < 1.29 is 14.3 Å². The Morgan fingerprint density at radius 3 is 2.36 bits per heavy atom. The molecule has 0 aliphatic heterocycles. The second kappa shape index (κ2) is 5.58. The Hall–Kier alpha value is -1.12. The van der Waals surface area contributed by atoms with Crippen molar-refractivity contribution in [1.29, 1.82) is 0 Å². The molecular weight excluding hydrogens is 180 g/mol. The van der Waals surface area contributed by atoms with E-state index in [9.17, 15) is 9.59 Å². The maximum atomic E-state index is 11.5. The summed E-state index contributed by atoms with van der Waals surface area (Å²) < 4.78 is 4.41.